The number of ether oxygens (including phenoxy) is 1. The van der Waals surface area contributed by atoms with Gasteiger partial charge in [-0.25, -0.2) is 0 Å². The van der Waals surface area contributed by atoms with Gasteiger partial charge in [-0.3, -0.25) is 4.79 Å². The molecule has 0 aromatic heterocycles. The average molecular weight is 338 g/mol. The lowest BCUT2D eigenvalue weighted by Gasteiger charge is -2.17. The zero-order chi connectivity index (χ0) is 13.0. The summed E-state index contributed by atoms with van der Waals surface area (Å²) in [6, 6.07) is 5.25. The van der Waals surface area contributed by atoms with Gasteiger partial charge < -0.3 is 15.8 Å². The minimum atomic E-state index is -0.251. The summed E-state index contributed by atoms with van der Waals surface area (Å²) >= 11 is 3.35. The molecule has 102 valence electrons. The van der Waals surface area contributed by atoms with E-state index in [1.165, 1.54) is 0 Å². The third-order valence-electron chi connectivity index (χ3n) is 2.62. The summed E-state index contributed by atoms with van der Waals surface area (Å²) < 4.78 is 6.05. The molecule has 6 heteroatoms. The summed E-state index contributed by atoms with van der Waals surface area (Å²) in [5.41, 5.74) is 6.33. The van der Waals surface area contributed by atoms with Gasteiger partial charge in [0.15, 0.2) is 0 Å². The second kappa shape index (κ2) is 7.61. The molecule has 1 aromatic rings. The van der Waals surface area contributed by atoms with E-state index in [9.17, 15) is 4.79 Å². The zero-order valence-corrected chi connectivity index (χ0v) is 13.0. The maximum Gasteiger partial charge on any atom is 0.228 e. The lowest BCUT2D eigenvalue weighted by Crippen LogP contribution is -2.34. The van der Waals surface area contributed by atoms with Gasteiger partial charge in [0.1, 0.15) is 5.75 Å². The molecule has 0 aliphatic carbocycles. The number of hydrogen-bond donors (Lipinski definition) is 2. The highest BCUT2D eigenvalue weighted by Crippen LogP contribution is 2.28. The Labute approximate surface area is 122 Å². The van der Waals surface area contributed by atoms with Crippen LogP contribution in [0.15, 0.2) is 22.7 Å². The number of carbonyl (C=O) groups excluding carboxylic acids is 1. The molecule has 0 bridgehead atoms. The molecule has 0 aliphatic heterocycles. The monoisotopic (exact) mass is 336 g/mol. The molecule has 2 unspecified atom stereocenters. The molecule has 1 amide bonds. The standard InChI is InChI=1S/C12H17BrN2O2.ClH/c1-7(8(2)14)12(16)15-10-6-9(13)4-5-11(10)17-3;/h4-8H,14H2,1-3H3,(H,15,16);1H. The maximum atomic E-state index is 11.9. The summed E-state index contributed by atoms with van der Waals surface area (Å²) in [5, 5.41) is 2.81. The number of amides is 1. The molecule has 3 N–H and O–H groups in total. The topological polar surface area (TPSA) is 64.3 Å². The first-order valence-electron chi connectivity index (χ1n) is 5.35. The predicted octanol–water partition coefficient (Wildman–Crippen LogP) is 2.80. The average Bonchev–Trinajstić information content (AvgIpc) is 2.28. The van der Waals surface area contributed by atoms with Gasteiger partial charge in [-0.2, -0.15) is 0 Å². The van der Waals surface area contributed by atoms with Gasteiger partial charge in [-0.15, -0.1) is 12.4 Å². The SMILES string of the molecule is COc1ccc(Br)cc1NC(=O)C(C)C(C)N.Cl. The number of methoxy groups -OCH3 is 1. The van der Waals surface area contributed by atoms with E-state index in [4.69, 9.17) is 10.5 Å². The molecule has 1 rings (SSSR count). The lowest BCUT2D eigenvalue weighted by atomic mass is 10.0. The predicted molar refractivity (Wildman–Crippen MR) is 79.4 cm³/mol. The van der Waals surface area contributed by atoms with Crippen LogP contribution in [0.1, 0.15) is 13.8 Å². The maximum absolute atomic E-state index is 11.9. The fourth-order valence-electron chi connectivity index (χ4n) is 1.26. The van der Waals surface area contributed by atoms with Crippen molar-refractivity contribution in [3.8, 4) is 5.75 Å². The van der Waals surface area contributed by atoms with E-state index in [0.29, 0.717) is 11.4 Å². The number of nitrogens with one attached hydrogen (secondary N) is 1. The first-order valence-corrected chi connectivity index (χ1v) is 6.15. The van der Waals surface area contributed by atoms with Crippen molar-refractivity contribution in [3.05, 3.63) is 22.7 Å². The van der Waals surface area contributed by atoms with Crippen LogP contribution in [0.5, 0.6) is 5.75 Å². The van der Waals surface area contributed by atoms with Gasteiger partial charge in [0, 0.05) is 10.5 Å². The molecule has 0 spiro atoms. The highest BCUT2D eigenvalue weighted by Gasteiger charge is 2.18. The molecule has 0 heterocycles. The number of rotatable bonds is 4. The summed E-state index contributed by atoms with van der Waals surface area (Å²) in [6.07, 6.45) is 0. The van der Waals surface area contributed by atoms with E-state index in [1.54, 1.807) is 26.2 Å². The highest BCUT2D eigenvalue weighted by atomic mass is 79.9. The summed E-state index contributed by atoms with van der Waals surface area (Å²) in [5.74, 6) is 0.258. The van der Waals surface area contributed by atoms with E-state index in [-0.39, 0.29) is 30.3 Å². The minimum Gasteiger partial charge on any atom is -0.495 e. The van der Waals surface area contributed by atoms with Crippen LogP contribution in [-0.4, -0.2) is 19.1 Å². The van der Waals surface area contributed by atoms with Gasteiger partial charge in [0.25, 0.3) is 0 Å². The second-order valence-electron chi connectivity index (χ2n) is 3.98. The Balaban J connectivity index is 0.00000289. The van der Waals surface area contributed by atoms with Crippen molar-refractivity contribution in [1.29, 1.82) is 0 Å². The molecule has 0 radical (unpaired) electrons. The Morgan fingerprint density at radius 3 is 2.56 bits per heavy atom. The van der Waals surface area contributed by atoms with E-state index in [2.05, 4.69) is 21.2 Å². The molecule has 0 saturated carbocycles. The normalized spacial score (nSPS) is 13.2. The van der Waals surface area contributed by atoms with Crippen LogP contribution in [0.4, 0.5) is 5.69 Å². The fourth-order valence-corrected chi connectivity index (χ4v) is 1.62. The van der Waals surface area contributed by atoms with Gasteiger partial charge in [0.2, 0.25) is 5.91 Å². The zero-order valence-electron chi connectivity index (χ0n) is 10.6. The first-order chi connectivity index (χ1) is 7.95. The second-order valence-corrected chi connectivity index (χ2v) is 4.90. The molecule has 1 aromatic carbocycles. The summed E-state index contributed by atoms with van der Waals surface area (Å²) in [7, 11) is 1.56. The smallest absolute Gasteiger partial charge is 0.228 e. The molecule has 0 saturated heterocycles. The number of hydrogen-bond acceptors (Lipinski definition) is 3. The third kappa shape index (κ3) is 4.48. The molecule has 2 atom stereocenters. The minimum absolute atomic E-state index is 0. The number of benzene rings is 1. The van der Waals surface area contributed by atoms with Gasteiger partial charge in [-0.05, 0) is 25.1 Å². The number of carbonyl (C=O) groups is 1. The van der Waals surface area contributed by atoms with Gasteiger partial charge in [-0.1, -0.05) is 22.9 Å². The van der Waals surface area contributed by atoms with Crippen molar-refractivity contribution in [3.63, 3.8) is 0 Å². The van der Waals surface area contributed by atoms with Crippen molar-refractivity contribution in [2.24, 2.45) is 11.7 Å². The Kier molecular flexibility index (Phi) is 7.28. The van der Waals surface area contributed by atoms with Crippen LogP contribution in [0, 0.1) is 5.92 Å². The Morgan fingerprint density at radius 1 is 1.44 bits per heavy atom. The highest BCUT2D eigenvalue weighted by molar-refractivity contribution is 9.10. The lowest BCUT2D eigenvalue weighted by molar-refractivity contribution is -0.119. The Morgan fingerprint density at radius 2 is 2.06 bits per heavy atom. The van der Waals surface area contributed by atoms with Crippen molar-refractivity contribution in [2.45, 2.75) is 19.9 Å². The largest absolute Gasteiger partial charge is 0.495 e. The molecule has 18 heavy (non-hydrogen) atoms. The quantitative estimate of drug-likeness (QED) is 0.888. The summed E-state index contributed by atoms with van der Waals surface area (Å²) in [6.45, 7) is 3.60. The van der Waals surface area contributed by atoms with E-state index >= 15 is 0 Å². The molecular weight excluding hydrogens is 320 g/mol. The van der Waals surface area contributed by atoms with E-state index in [1.807, 2.05) is 13.0 Å². The van der Waals surface area contributed by atoms with Crippen LogP contribution in [0.25, 0.3) is 0 Å². The van der Waals surface area contributed by atoms with Gasteiger partial charge in [0.05, 0.1) is 18.7 Å². The van der Waals surface area contributed by atoms with Crippen LogP contribution in [0.3, 0.4) is 0 Å². The van der Waals surface area contributed by atoms with Crippen LogP contribution in [-0.2, 0) is 4.79 Å². The molecular formula is C12H18BrClN2O2. The first kappa shape index (κ1) is 17.2. The van der Waals surface area contributed by atoms with Crippen molar-refractivity contribution >= 4 is 39.9 Å². The van der Waals surface area contributed by atoms with Crippen molar-refractivity contribution < 1.29 is 9.53 Å². The van der Waals surface area contributed by atoms with Crippen molar-refractivity contribution in [1.82, 2.24) is 0 Å². The number of anilines is 1. The van der Waals surface area contributed by atoms with Crippen LogP contribution < -0.4 is 15.8 Å². The molecule has 4 nitrogen and oxygen atoms in total. The Bertz CT molecular complexity index is 413. The molecule has 0 aliphatic rings. The summed E-state index contributed by atoms with van der Waals surface area (Å²) in [4.78, 5) is 11.9. The van der Waals surface area contributed by atoms with Crippen molar-refractivity contribution in [2.75, 3.05) is 12.4 Å². The fraction of sp³-hybridized carbons (Fsp3) is 0.417. The number of halogens is 2. The number of nitrogens with two attached hydrogens (primary N) is 1. The Hall–Kier alpha value is -0.780. The van der Waals surface area contributed by atoms with E-state index in [0.717, 1.165) is 4.47 Å². The third-order valence-corrected chi connectivity index (χ3v) is 3.11. The van der Waals surface area contributed by atoms with Crippen LogP contribution >= 0.6 is 28.3 Å². The molecule has 0 fully saturated rings. The van der Waals surface area contributed by atoms with Gasteiger partial charge >= 0.3 is 0 Å². The van der Waals surface area contributed by atoms with E-state index < -0.39 is 0 Å². The van der Waals surface area contributed by atoms with Crippen LogP contribution in [0.2, 0.25) is 0 Å².